The lowest BCUT2D eigenvalue weighted by Gasteiger charge is -2.05. The highest BCUT2D eigenvalue weighted by molar-refractivity contribution is 6.31. The third kappa shape index (κ3) is 4.05. The van der Waals surface area contributed by atoms with Gasteiger partial charge in [-0.3, -0.25) is 9.36 Å². The van der Waals surface area contributed by atoms with Gasteiger partial charge >= 0.3 is 5.76 Å². The van der Waals surface area contributed by atoms with Gasteiger partial charge in [0.15, 0.2) is 5.58 Å². The second kappa shape index (κ2) is 7.75. The van der Waals surface area contributed by atoms with E-state index in [4.69, 9.17) is 16.0 Å². The summed E-state index contributed by atoms with van der Waals surface area (Å²) in [5, 5.41) is 3.36. The molecule has 0 aliphatic rings. The fourth-order valence-corrected chi connectivity index (χ4v) is 3.48. The van der Waals surface area contributed by atoms with Crippen molar-refractivity contribution in [3.8, 4) is 0 Å². The van der Waals surface area contributed by atoms with Crippen LogP contribution in [0.5, 0.6) is 0 Å². The smallest absolute Gasteiger partial charge is 0.408 e. The minimum absolute atomic E-state index is 0.136. The lowest BCUT2D eigenvalue weighted by Crippen LogP contribution is -2.28. The Morgan fingerprint density at radius 3 is 2.86 bits per heavy atom. The first-order chi connectivity index (χ1) is 13.9. The van der Waals surface area contributed by atoms with Gasteiger partial charge < -0.3 is 14.7 Å². The van der Waals surface area contributed by atoms with E-state index in [9.17, 15) is 9.59 Å². The van der Waals surface area contributed by atoms with Crippen molar-refractivity contribution in [2.45, 2.75) is 33.2 Å². The van der Waals surface area contributed by atoms with Crippen LogP contribution in [-0.4, -0.2) is 27.0 Å². The van der Waals surface area contributed by atoms with E-state index in [0.29, 0.717) is 29.1 Å². The number of nitrogens with one attached hydrogen (secondary N) is 2. The second-order valence-electron chi connectivity index (χ2n) is 7.12. The fraction of sp³-hybridized carbons (Fsp3) is 0.286. The minimum atomic E-state index is -0.497. The molecule has 7 nitrogen and oxygen atoms in total. The molecule has 0 atom stereocenters. The molecule has 4 rings (SSSR count). The maximum absolute atomic E-state index is 12.2. The number of amides is 1. The standard InChI is InChI=1S/C21H21ClN4O3/c1-12-9-15-16(10-13(12)2)25-19(24-15)5-7-23-20(27)6-8-26-17-4-3-14(22)11-18(17)29-21(26)28/h3-4,9-11H,5-8H2,1-2H3,(H,23,27)(H,24,25). The number of aromatic nitrogens is 3. The monoisotopic (exact) mass is 412 g/mol. The van der Waals surface area contributed by atoms with Crippen molar-refractivity contribution in [2.75, 3.05) is 6.54 Å². The molecule has 8 heteroatoms. The highest BCUT2D eigenvalue weighted by Crippen LogP contribution is 2.19. The fourth-order valence-electron chi connectivity index (χ4n) is 3.31. The molecule has 0 bridgehead atoms. The summed E-state index contributed by atoms with van der Waals surface area (Å²) in [4.78, 5) is 32.1. The molecule has 2 aromatic carbocycles. The van der Waals surface area contributed by atoms with E-state index >= 15 is 0 Å². The number of oxazole rings is 1. The predicted molar refractivity (Wildman–Crippen MR) is 112 cm³/mol. The Labute approximate surface area is 171 Å². The van der Waals surface area contributed by atoms with Crippen LogP contribution in [0, 0.1) is 13.8 Å². The van der Waals surface area contributed by atoms with Crippen molar-refractivity contribution in [3.05, 3.63) is 62.9 Å². The summed E-state index contributed by atoms with van der Waals surface area (Å²) in [6.07, 6.45) is 0.779. The summed E-state index contributed by atoms with van der Waals surface area (Å²) >= 11 is 5.91. The number of hydrogen-bond acceptors (Lipinski definition) is 4. The average molecular weight is 413 g/mol. The molecule has 0 saturated heterocycles. The largest absolute Gasteiger partial charge is 0.419 e. The molecule has 0 saturated carbocycles. The van der Waals surface area contributed by atoms with Crippen molar-refractivity contribution in [3.63, 3.8) is 0 Å². The molecule has 2 heterocycles. The Hall–Kier alpha value is -3.06. The first-order valence-corrected chi connectivity index (χ1v) is 9.80. The van der Waals surface area contributed by atoms with Crippen molar-refractivity contribution in [1.82, 2.24) is 19.9 Å². The highest BCUT2D eigenvalue weighted by atomic mass is 35.5. The SMILES string of the molecule is Cc1cc2nc(CCNC(=O)CCn3c(=O)oc4cc(Cl)ccc43)[nH]c2cc1C. The molecule has 2 N–H and O–H groups in total. The highest BCUT2D eigenvalue weighted by Gasteiger charge is 2.11. The second-order valence-corrected chi connectivity index (χ2v) is 7.56. The number of imidazole rings is 1. The number of nitrogens with zero attached hydrogens (tertiary/aromatic N) is 2. The first kappa shape index (κ1) is 19.3. The summed E-state index contributed by atoms with van der Waals surface area (Å²) in [6.45, 7) is 4.83. The van der Waals surface area contributed by atoms with Crippen LogP contribution in [0.1, 0.15) is 23.4 Å². The predicted octanol–water partition coefficient (Wildman–Crippen LogP) is 3.49. The quantitative estimate of drug-likeness (QED) is 0.507. The molecule has 0 aliphatic heterocycles. The molecule has 2 aromatic heterocycles. The van der Waals surface area contributed by atoms with Crippen LogP contribution < -0.4 is 11.1 Å². The van der Waals surface area contributed by atoms with Crippen molar-refractivity contribution < 1.29 is 9.21 Å². The zero-order valence-corrected chi connectivity index (χ0v) is 17.0. The van der Waals surface area contributed by atoms with Gasteiger partial charge in [-0.15, -0.1) is 0 Å². The Morgan fingerprint density at radius 2 is 2.03 bits per heavy atom. The van der Waals surface area contributed by atoms with E-state index in [-0.39, 0.29) is 18.9 Å². The summed E-state index contributed by atoms with van der Waals surface area (Å²) in [6, 6.07) is 9.13. The van der Waals surface area contributed by atoms with Gasteiger partial charge in [0.25, 0.3) is 0 Å². The van der Waals surface area contributed by atoms with Crippen LogP contribution in [0.4, 0.5) is 0 Å². The van der Waals surface area contributed by atoms with Gasteiger partial charge in [-0.2, -0.15) is 0 Å². The van der Waals surface area contributed by atoms with Gasteiger partial charge in [0.2, 0.25) is 5.91 Å². The molecule has 0 fully saturated rings. The zero-order chi connectivity index (χ0) is 20.5. The topological polar surface area (TPSA) is 92.9 Å². The van der Waals surface area contributed by atoms with Gasteiger partial charge in [0.05, 0.1) is 16.6 Å². The molecular formula is C21H21ClN4O3. The van der Waals surface area contributed by atoms with E-state index in [1.165, 1.54) is 15.7 Å². The third-order valence-corrected chi connectivity index (χ3v) is 5.26. The van der Waals surface area contributed by atoms with Gasteiger partial charge in [0, 0.05) is 37.0 Å². The van der Waals surface area contributed by atoms with Crippen molar-refractivity contribution in [2.24, 2.45) is 0 Å². The van der Waals surface area contributed by atoms with Crippen LogP contribution in [0.3, 0.4) is 0 Å². The maximum Gasteiger partial charge on any atom is 0.419 e. The third-order valence-electron chi connectivity index (χ3n) is 5.02. The Morgan fingerprint density at radius 1 is 1.24 bits per heavy atom. The van der Waals surface area contributed by atoms with Gasteiger partial charge in [-0.25, -0.2) is 9.78 Å². The number of aromatic amines is 1. The van der Waals surface area contributed by atoms with Gasteiger partial charge in [-0.1, -0.05) is 11.6 Å². The molecule has 0 spiro atoms. The summed E-state index contributed by atoms with van der Waals surface area (Å²) < 4.78 is 6.62. The maximum atomic E-state index is 12.2. The molecular weight excluding hydrogens is 392 g/mol. The number of halogens is 1. The van der Waals surface area contributed by atoms with E-state index in [1.54, 1.807) is 18.2 Å². The molecule has 4 aromatic rings. The van der Waals surface area contributed by atoms with Crippen molar-refractivity contribution >= 4 is 39.6 Å². The molecule has 150 valence electrons. The summed E-state index contributed by atoms with van der Waals surface area (Å²) in [7, 11) is 0. The van der Waals surface area contributed by atoms with Crippen molar-refractivity contribution in [1.29, 1.82) is 0 Å². The van der Waals surface area contributed by atoms with Gasteiger partial charge in [-0.05, 0) is 49.2 Å². The first-order valence-electron chi connectivity index (χ1n) is 9.42. The van der Waals surface area contributed by atoms with E-state index in [2.05, 4.69) is 41.3 Å². The molecule has 0 radical (unpaired) electrons. The number of rotatable bonds is 6. The molecule has 29 heavy (non-hydrogen) atoms. The number of carbonyl (C=O) groups is 1. The van der Waals surface area contributed by atoms with Crippen LogP contribution in [-0.2, 0) is 17.8 Å². The lowest BCUT2D eigenvalue weighted by molar-refractivity contribution is -0.121. The van der Waals surface area contributed by atoms with Gasteiger partial charge in [0.1, 0.15) is 5.82 Å². The van der Waals surface area contributed by atoms with E-state index < -0.39 is 5.76 Å². The van der Waals surface area contributed by atoms with Crippen LogP contribution >= 0.6 is 11.6 Å². The average Bonchev–Trinajstić information content (AvgIpc) is 3.19. The molecule has 1 amide bonds. The summed E-state index contributed by atoms with van der Waals surface area (Å²) in [5.41, 5.74) is 5.39. The Balaban J connectivity index is 1.33. The Bertz CT molecular complexity index is 1230. The number of hydrogen-bond donors (Lipinski definition) is 2. The Kier molecular flexibility index (Phi) is 5.15. The summed E-state index contributed by atoms with van der Waals surface area (Å²) in [5.74, 6) is 0.199. The normalized spacial score (nSPS) is 11.4. The number of carbonyl (C=O) groups excluding carboxylic acids is 1. The minimum Gasteiger partial charge on any atom is -0.408 e. The van der Waals surface area contributed by atoms with E-state index in [1.807, 2.05) is 0 Å². The number of H-pyrrole nitrogens is 1. The lowest BCUT2D eigenvalue weighted by atomic mass is 10.1. The van der Waals surface area contributed by atoms with Crippen LogP contribution in [0.15, 0.2) is 39.5 Å². The number of fused-ring (bicyclic) bond motifs is 2. The molecule has 0 unspecified atom stereocenters. The molecule has 0 aliphatic carbocycles. The van der Waals surface area contributed by atoms with Crippen LogP contribution in [0.25, 0.3) is 22.1 Å². The zero-order valence-electron chi connectivity index (χ0n) is 16.2. The number of aryl methyl sites for hydroxylation is 3. The van der Waals surface area contributed by atoms with E-state index in [0.717, 1.165) is 16.9 Å². The number of benzene rings is 2. The van der Waals surface area contributed by atoms with Crippen LogP contribution in [0.2, 0.25) is 5.02 Å².